The number of ether oxygens (including phenoxy) is 1. The van der Waals surface area contributed by atoms with E-state index in [0.29, 0.717) is 13.2 Å². The van der Waals surface area contributed by atoms with Crippen molar-refractivity contribution in [1.82, 2.24) is 14.8 Å². The van der Waals surface area contributed by atoms with Gasteiger partial charge in [0.15, 0.2) is 5.96 Å². The lowest BCUT2D eigenvalue weighted by Gasteiger charge is -2.22. The van der Waals surface area contributed by atoms with Crippen molar-refractivity contribution in [2.45, 2.75) is 6.54 Å². The van der Waals surface area contributed by atoms with E-state index in [0.717, 1.165) is 22.7 Å². The summed E-state index contributed by atoms with van der Waals surface area (Å²) in [5, 5.41) is 3.32. The molecule has 0 unspecified atom stereocenters. The number of halogens is 1. The monoisotopic (exact) mass is 378 g/mol. The molecular formula is C17H23BrN4O. The molecule has 0 atom stereocenters. The standard InChI is InChI=1S/C17H23BrN4O/c1-19-17(20-9-10-23-16-7-5-4-6-8-16)22(3)13-15-11-14(18)12-21(15)2/h4-8,11-12H,9-10,13H2,1-3H3,(H,19,20). The van der Waals surface area contributed by atoms with Crippen molar-refractivity contribution < 1.29 is 4.74 Å². The molecule has 1 N–H and O–H groups in total. The van der Waals surface area contributed by atoms with E-state index in [1.807, 2.05) is 50.6 Å². The predicted molar refractivity (Wildman–Crippen MR) is 97.9 cm³/mol. The molecule has 0 amide bonds. The van der Waals surface area contributed by atoms with E-state index in [2.05, 4.69) is 41.8 Å². The van der Waals surface area contributed by atoms with E-state index < -0.39 is 0 Å². The number of aliphatic imine (C=N–C) groups is 1. The molecule has 0 bridgehead atoms. The minimum atomic E-state index is 0.590. The summed E-state index contributed by atoms with van der Waals surface area (Å²) in [7, 11) is 5.85. The fraction of sp³-hybridized carbons (Fsp3) is 0.353. The molecule has 0 saturated carbocycles. The molecule has 6 heteroatoms. The van der Waals surface area contributed by atoms with Crippen LogP contribution >= 0.6 is 15.9 Å². The summed E-state index contributed by atoms with van der Waals surface area (Å²) in [4.78, 5) is 6.41. The van der Waals surface area contributed by atoms with Crippen LogP contribution in [0.4, 0.5) is 0 Å². The molecule has 0 aliphatic carbocycles. The SMILES string of the molecule is CN=C(NCCOc1ccccc1)N(C)Cc1cc(Br)cn1C. The molecule has 1 aromatic carbocycles. The largest absolute Gasteiger partial charge is 0.492 e. The van der Waals surface area contributed by atoms with Crippen molar-refractivity contribution in [2.24, 2.45) is 12.0 Å². The third kappa shape index (κ3) is 5.32. The van der Waals surface area contributed by atoms with Crippen LogP contribution in [0.3, 0.4) is 0 Å². The quantitative estimate of drug-likeness (QED) is 0.477. The van der Waals surface area contributed by atoms with Gasteiger partial charge < -0.3 is 19.5 Å². The molecule has 0 aliphatic rings. The van der Waals surface area contributed by atoms with E-state index >= 15 is 0 Å². The van der Waals surface area contributed by atoms with Gasteiger partial charge in [0, 0.05) is 37.5 Å². The van der Waals surface area contributed by atoms with Gasteiger partial charge in [-0.05, 0) is 34.1 Å². The van der Waals surface area contributed by atoms with Crippen LogP contribution in [0.2, 0.25) is 0 Å². The molecule has 0 saturated heterocycles. The summed E-state index contributed by atoms with van der Waals surface area (Å²) in [6, 6.07) is 11.9. The van der Waals surface area contributed by atoms with Crippen molar-refractivity contribution in [2.75, 3.05) is 27.2 Å². The Morgan fingerprint density at radius 1 is 1.35 bits per heavy atom. The normalized spacial score (nSPS) is 11.4. The first-order chi connectivity index (χ1) is 11.1. The second kappa shape index (κ2) is 8.62. The Morgan fingerprint density at radius 3 is 2.70 bits per heavy atom. The Hall–Kier alpha value is -1.95. The molecule has 0 spiro atoms. The van der Waals surface area contributed by atoms with Gasteiger partial charge in [0.1, 0.15) is 12.4 Å². The van der Waals surface area contributed by atoms with Crippen molar-refractivity contribution >= 4 is 21.9 Å². The summed E-state index contributed by atoms with van der Waals surface area (Å²) in [5.41, 5.74) is 1.21. The van der Waals surface area contributed by atoms with E-state index in [9.17, 15) is 0 Å². The van der Waals surface area contributed by atoms with Crippen LogP contribution < -0.4 is 10.1 Å². The van der Waals surface area contributed by atoms with Crippen LogP contribution in [0.15, 0.2) is 52.1 Å². The van der Waals surface area contributed by atoms with Crippen LogP contribution in [0, 0.1) is 0 Å². The lowest BCUT2D eigenvalue weighted by molar-refractivity contribution is 0.319. The zero-order valence-corrected chi connectivity index (χ0v) is 15.4. The zero-order valence-electron chi connectivity index (χ0n) is 13.8. The highest BCUT2D eigenvalue weighted by atomic mass is 79.9. The first-order valence-electron chi connectivity index (χ1n) is 7.50. The number of aryl methyl sites for hydroxylation is 1. The highest BCUT2D eigenvalue weighted by Crippen LogP contribution is 2.15. The van der Waals surface area contributed by atoms with Crippen molar-refractivity contribution in [3.05, 3.63) is 52.8 Å². The third-order valence-corrected chi connectivity index (χ3v) is 3.88. The van der Waals surface area contributed by atoms with E-state index in [4.69, 9.17) is 4.74 Å². The summed E-state index contributed by atoms with van der Waals surface area (Å²) >= 11 is 3.50. The van der Waals surface area contributed by atoms with Gasteiger partial charge in [-0.25, -0.2) is 0 Å². The average Bonchev–Trinajstić information content (AvgIpc) is 2.85. The number of aromatic nitrogens is 1. The maximum Gasteiger partial charge on any atom is 0.193 e. The Kier molecular flexibility index (Phi) is 6.52. The van der Waals surface area contributed by atoms with Crippen LogP contribution in [0.1, 0.15) is 5.69 Å². The number of para-hydroxylation sites is 1. The van der Waals surface area contributed by atoms with Gasteiger partial charge in [0.25, 0.3) is 0 Å². The Labute approximate surface area is 146 Å². The van der Waals surface area contributed by atoms with Gasteiger partial charge in [0.05, 0.1) is 13.1 Å². The highest BCUT2D eigenvalue weighted by molar-refractivity contribution is 9.10. The molecule has 0 radical (unpaired) electrons. The van der Waals surface area contributed by atoms with Gasteiger partial charge in [-0.2, -0.15) is 0 Å². The number of rotatable bonds is 6. The maximum absolute atomic E-state index is 5.68. The summed E-state index contributed by atoms with van der Waals surface area (Å²) in [5.74, 6) is 1.73. The molecule has 1 heterocycles. The number of hydrogen-bond donors (Lipinski definition) is 1. The topological polar surface area (TPSA) is 41.8 Å². The first kappa shape index (κ1) is 17.4. The Morgan fingerprint density at radius 2 is 2.09 bits per heavy atom. The summed E-state index contributed by atoms with van der Waals surface area (Å²) in [6.07, 6.45) is 2.05. The average molecular weight is 379 g/mol. The predicted octanol–water partition coefficient (Wildman–Crippen LogP) is 2.87. The second-order valence-electron chi connectivity index (χ2n) is 5.25. The molecule has 2 aromatic rings. The Balaban J connectivity index is 1.79. The highest BCUT2D eigenvalue weighted by Gasteiger charge is 2.09. The van der Waals surface area contributed by atoms with Gasteiger partial charge in [-0.15, -0.1) is 0 Å². The molecule has 1 aromatic heterocycles. The van der Waals surface area contributed by atoms with Crippen LogP contribution in [-0.2, 0) is 13.6 Å². The lowest BCUT2D eigenvalue weighted by atomic mass is 10.3. The van der Waals surface area contributed by atoms with Gasteiger partial charge >= 0.3 is 0 Å². The number of hydrogen-bond acceptors (Lipinski definition) is 2. The number of nitrogens with zero attached hydrogens (tertiary/aromatic N) is 3. The molecule has 0 fully saturated rings. The van der Waals surface area contributed by atoms with Gasteiger partial charge in [-0.1, -0.05) is 18.2 Å². The second-order valence-corrected chi connectivity index (χ2v) is 6.17. The minimum Gasteiger partial charge on any atom is -0.492 e. The molecular weight excluding hydrogens is 356 g/mol. The minimum absolute atomic E-state index is 0.590. The molecule has 23 heavy (non-hydrogen) atoms. The van der Waals surface area contributed by atoms with Crippen LogP contribution in [-0.4, -0.2) is 42.7 Å². The van der Waals surface area contributed by atoms with E-state index in [1.165, 1.54) is 5.69 Å². The number of nitrogens with one attached hydrogen (secondary N) is 1. The van der Waals surface area contributed by atoms with Crippen molar-refractivity contribution in [1.29, 1.82) is 0 Å². The zero-order chi connectivity index (χ0) is 16.7. The molecule has 2 rings (SSSR count). The fourth-order valence-electron chi connectivity index (χ4n) is 2.27. The third-order valence-electron chi connectivity index (χ3n) is 3.44. The van der Waals surface area contributed by atoms with Crippen molar-refractivity contribution in [3.8, 4) is 5.75 Å². The van der Waals surface area contributed by atoms with E-state index in [1.54, 1.807) is 7.05 Å². The smallest absolute Gasteiger partial charge is 0.193 e. The number of benzene rings is 1. The van der Waals surface area contributed by atoms with Crippen LogP contribution in [0.25, 0.3) is 0 Å². The van der Waals surface area contributed by atoms with Gasteiger partial charge in [-0.3, -0.25) is 4.99 Å². The van der Waals surface area contributed by atoms with Gasteiger partial charge in [0.2, 0.25) is 0 Å². The van der Waals surface area contributed by atoms with Crippen molar-refractivity contribution in [3.63, 3.8) is 0 Å². The fourth-order valence-corrected chi connectivity index (χ4v) is 2.85. The first-order valence-corrected chi connectivity index (χ1v) is 8.30. The Bertz CT molecular complexity index is 639. The summed E-state index contributed by atoms with van der Waals surface area (Å²) < 4.78 is 8.86. The lowest BCUT2D eigenvalue weighted by Crippen LogP contribution is -2.40. The van der Waals surface area contributed by atoms with E-state index in [-0.39, 0.29) is 0 Å². The summed E-state index contributed by atoms with van der Waals surface area (Å²) in [6.45, 7) is 2.07. The molecule has 0 aliphatic heterocycles. The number of guanidine groups is 1. The molecule has 5 nitrogen and oxygen atoms in total. The maximum atomic E-state index is 5.68. The molecule has 124 valence electrons. The van der Waals surface area contributed by atoms with Crippen LogP contribution in [0.5, 0.6) is 5.75 Å².